The Bertz CT molecular complexity index is 661. The number of hydrogen-bond acceptors (Lipinski definition) is 6. The minimum Gasteiger partial charge on any atom is -0.460 e. The monoisotopic (exact) mass is 329 g/mol. The van der Waals surface area contributed by atoms with Crippen molar-refractivity contribution < 1.29 is 27.2 Å². The van der Waals surface area contributed by atoms with E-state index in [4.69, 9.17) is 9.26 Å². The molecule has 23 heavy (non-hydrogen) atoms. The van der Waals surface area contributed by atoms with E-state index in [9.17, 15) is 18.0 Å². The minimum absolute atomic E-state index is 0.0194. The van der Waals surface area contributed by atoms with Crippen LogP contribution in [0.3, 0.4) is 0 Å². The largest absolute Gasteiger partial charge is 0.460 e. The van der Waals surface area contributed by atoms with Crippen molar-refractivity contribution in [2.45, 2.75) is 20.0 Å². The van der Waals surface area contributed by atoms with Crippen LogP contribution in [0.2, 0.25) is 0 Å². The quantitative estimate of drug-likeness (QED) is 0.671. The summed E-state index contributed by atoms with van der Waals surface area (Å²) in [5.74, 6) is 0.0553. The van der Waals surface area contributed by atoms with Crippen molar-refractivity contribution in [2.24, 2.45) is 0 Å². The van der Waals surface area contributed by atoms with E-state index in [1.807, 2.05) is 0 Å². The van der Waals surface area contributed by atoms with Gasteiger partial charge in [0.1, 0.15) is 23.7 Å². The molecule has 0 amide bonds. The molecule has 0 aliphatic rings. The molecule has 0 aromatic carbocycles. The summed E-state index contributed by atoms with van der Waals surface area (Å²) in [5, 5.41) is 6.41. The average molecular weight is 329 g/mol. The van der Waals surface area contributed by atoms with Crippen LogP contribution in [0.15, 0.2) is 22.9 Å². The summed E-state index contributed by atoms with van der Waals surface area (Å²) in [6, 6.07) is 2.13. The first kappa shape index (κ1) is 16.8. The maximum Gasteiger partial charge on any atom is 0.417 e. The minimum atomic E-state index is -4.42. The van der Waals surface area contributed by atoms with Gasteiger partial charge in [0.2, 0.25) is 0 Å². The molecule has 0 fully saturated rings. The van der Waals surface area contributed by atoms with Crippen LogP contribution < -0.4 is 5.32 Å². The van der Waals surface area contributed by atoms with Gasteiger partial charge >= 0.3 is 12.1 Å². The number of nitrogens with zero attached hydrogens (tertiary/aromatic N) is 2. The number of hydrogen-bond donors (Lipinski definition) is 1. The van der Waals surface area contributed by atoms with Gasteiger partial charge in [-0.25, -0.2) is 9.78 Å². The maximum absolute atomic E-state index is 12.4. The molecule has 0 bridgehead atoms. The van der Waals surface area contributed by atoms with Gasteiger partial charge in [0.25, 0.3) is 0 Å². The van der Waals surface area contributed by atoms with Gasteiger partial charge in [0, 0.05) is 6.20 Å². The van der Waals surface area contributed by atoms with E-state index in [0.717, 1.165) is 12.3 Å². The number of carbonyl (C=O) groups excluding carboxylic acids is 1. The SMILES string of the molecule is Cc1noc(C)c1C(=O)OCCNc1ccc(C(F)(F)F)cn1. The molecule has 2 rings (SSSR count). The Morgan fingerprint density at radius 1 is 1.35 bits per heavy atom. The second-order valence-corrected chi connectivity index (χ2v) is 4.69. The topological polar surface area (TPSA) is 77.2 Å². The number of ether oxygens (including phenoxy) is 1. The van der Waals surface area contributed by atoms with Crippen LogP contribution in [0.5, 0.6) is 0 Å². The number of aromatic nitrogens is 2. The fraction of sp³-hybridized carbons (Fsp3) is 0.357. The number of rotatable bonds is 5. The van der Waals surface area contributed by atoms with Crippen molar-refractivity contribution >= 4 is 11.8 Å². The fourth-order valence-corrected chi connectivity index (χ4v) is 1.84. The predicted octanol–water partition coefficient (Wildman–Crippen LogP) is 2.97. The second-order valence-electron chi connectivity index (χ2n) is 4.69. The van der Waals surface area contributed by atoms with Gasteiger partial charge < -0.3 is 14.6 Å². The van der Waals surface area contributed by atoms with Gasteiger partial charge in [-0.3, -0.25) is 0 Å². The van der Waals surface area contributed by atoms with Crippen molar-refractivity contribution in [3.05, 3.63) is 40.9 Å². The first-order valence-electron chi connectivity index (χ1n) is 6.66. The van der Waals surface area contributed by atoms with Crippen LogP contribution >= 0.6 is 0 Å². The van der Waals surface area contributed by atoms with E-state index in [1.165, 1.54) is 6.07 Å². The molecular weight excluding hydrogens is 315 g/mol. The lowest BCUT2D eigenvalue weighted by atomic mass is 10.2. The molecule has 0 unspecified atom stereocenters. The molecule has 0 aliphatic carbocycles. The Labute approximate surface area is 129 Å². The number of alkyl halides is 3. The van der Waals surface area contributed by atoms with Gasteiger partial charge in [-0.2, -0.15) is 13.2 Å². The number of halogens is 3. The van der Waals surface area contributed by atoms with Crippen LogP contribution in [-0.4, -0.2) is 29.3 Å². The Morgan fingerprint density at radius 2 is 2.09 bits per heavy atom. The number of nitrogens with one attached hydrogen (secondary N) is 1. The van der Waals surface area contributed by atoms with Gasteiger partial charge in [-0.05, 0) is 26.0 Å². The lowest BCUT2D eigenvalue weighted by molar-refractivity contribution is -0.137. The molecule has 1 N–H and O–H groups in total. The van der Waals surface area contributed by atoms with Crippen molar-refractivity contribution in [3.8, 4) is 0 Å². The highest BCUT2D eigenvalue weighted by Crippen LogP contribution is 2.28. The van der Waals surface area contributed by atoms with E-state index in [2.05, 4.69) is 15.5 Å². The first-order valence-corrected chi connectivity index (χ1v) is 6.66. The third kappa shape index (κ3) is 4.21. The van der Waals surface area contributed by atoms with Gasteiger partial charge in [-0.15, -0.1) is 0 Å². The van der Waals surface area contributed by atoms with E-state index in [-0.39, 0.29) is 24.5 Å². The average Bonchev–Trinajstić information content (AvgIpc) is 2.82. The van der Waals surface area contributed by atoms with Crippen molar-refractivity contribution in [1.29, 1.82) is 0 Å². The van der Waals surface area contributed by atoms with Crippen LogP contribution in [0.25, 0.3) is 0 Å². The molecule has 2 aromatic rings. The summed E-state index contributed by atoms with van der Waals surface area (Å²) in [4.78, 5) is 15.5. The lowest BCUT2D eigenvalue weighted by Crippen LogP contribution is -2.15. The van der Waals surface area contributed by atoms with E-state index in [1.54, 1.807) is 13.8 Å². The molecule has 0 saturated heterocycles. The summed E-state index contributed by atoms with van der Waals surface area (Å²) >= 11 is 0. The third-order valence-corrected chi connectivity index (χ3v) is 2.97. The highest BCUT2D eigenvalue weighted by Gasteiger charge is 2.30. The Balaban J connectivity index is 1.81. The molecule has 2 aromatic heterocycles. The third-order valence-electron chi connectivity index (χ3n) is 2.97. The summed E-state index contributed by atoms with van der Waals surface area (Å²) in [6.07, 6.45) is -3.69. The van der Waals surface area contributed by atoms with Crippen LogP contribution in [0.4, 0.5) is 19.0 Å². The van der Waals surface area contributed by atoms with Crippen LogP contribution in [0.1, 0.15) is 27.4 Å². The highest BCUT2D eigenvalue weighted by molar-refractivity contribution is 5.91. The number of esters is 1. The molecule has 124 valence electrons. The molecule has 0 saturated carbocycles. The second kappa shape index (κ2) is 6.67. The van der Waals surface area contributed by atoms with Crippen LogP contribution in [-0.2, 0) is 10.9 Å². The lowest BCUT2D eigenvalue weighted by Gasteiger charge is -2.09. The van der Waals surface area contributed by atoms with Gasteiger partial charge in [-0.1, -0.05) is 5.16 Å². The summed E-state index contributed by atoms with van der Waals surface area (Å²) in [5.41, 5.74) is -0.115. The molecule has 0 spiro atoms. The smallest absolute Gasteiger partial charge is 0.417 e. The van der Waals surface area contributed by atoms with E-state index in [0.29, 0.717) is 11.5 Å². The summed E-state index contributed by atoms with van der Waals surface area (Å²) < 4.78 is 47.1. The molecule has 9 heteroatoms. The summed E-state index contributed by atoms with van der Waals surface area (Å²) in [7, 11) is 0. The molecular formula is C14H14F3N3O3. The zero-order chi connectivity index (χ0) is 17.0. The van der Waals surface area contributed by atoms with Crippen LogP contribution in [0, 0.1) is 13.8 Å². The molecule has 6 nitrogen and oxygen atoms in total. The van der Waals surface area contributed by atoms with E-state index >= 15 is 0 Å². The Morgan fingerprint density at radius 3 is 2.61 bits per heavy atom. The first-order chi connectivity index (χ1) is 10.8. The normalized spacial score (nSPS) is 11.3. The van der Waals surface area contributed by atoms with Crippen molar-refractivity contribution in [3.63, 3.8) is 0 Å². The zero-order valence-corrected chi connectivity index (χ0v) is 12.4. The number of pyridine rings is 1. The fourth-order valence-electron chi connectivity index (χ4n) is 1.84. The molecule has 0 aliphatic heterocycles. The standard InChI is InChI=1S/C14H14F3N3O3/c1-8-12(9(2)23-20-8)13(21)22-6-5-18-11-4-3-10(7-19-11)14(15,16)17/h3-4,7H,5-6H2,1-2H3,(H,18,19). The number of aryl methyl sites for hydroxylation is 2. The molecule has 2 heterocycles. The maximum atomic E-state index is 12.4. The summed E-state index contributed by atoms with van der Waals surface area (Å²) in [6.45, 7) is 3.44. The number of anilines is 1. The van der Waals surface area contributed by atoms with Gasteiger partial charge in [0.15, 0.2) is 0 Å². The van der Waals surface area contributed by atoms with Gasteiger partial charge in [0.05, 0.1) is 17.8 Å². The van der Waals surface area contributed by atoms with Crippen molar-refractivity contribution in [1.82, 2.24) is 10.1 Å². The number of carbonyl (C=O) groups is 1. The predicted molar refractivity (Wildman–Crippen MR) is 74.0 cm³/mol. The highest BCUT2D eigenvalue weighted by atomic mass is 19.4. The zero-order valence-electron chi connectivity index (χ0n) is 12.4. The Hall–Kier alpha value is -2.58. The van der Waals surface area contributed by atoms with Crippen molar-refractivity contribution in [2.75, 3.05) is 18.5 Å². The van der Waals surface area contributed by atoms with E-state index < -0.39 is 17.7 Å². The molecule has 0 atom stereocenters. The molecule has 0 radical (unpaired) electrons. The Kier molecular flexibility index (Phi) is 4.87.